The van der Waals surface area contributed by atoms with E-state index in [1.54, 1.807) is 55.1 Å². The first kappa shape index (κ1) is 21.0. The Hall–Kier alpha value is -2.71. The molecule has 0 unspecified atom stereocenters. The van der Waals surface area contributed by atoms with Crippen LogP contribution in [-0.2, 0) is 14.8 Å². The summed E-state index contributed by atoms with van der Waals surface area (Å²) in [6.07, 6.45) is 1.41. The van der Waals surface area contributed by atoms with Crippen LogP contribution in [0.3, 0.4) is 0 Å². The average Bonchev–Trinajstić information content (AvgIpc) is 3.15. The third kappa shape index (κ3) is 4.49. The second kappa shape index (κ2) is 8.75. The molecule has 29 heavy (non-hydrogen) atoms. The van der Waals surface area contributed by atoms with Gasteiger partial charge in [0, 0.05) is 43.0 Å². The number of hydrogen-bond donors (Lipinski definition) is 1. The van der Waals surface area contributed by atoms with Crippen LogP contribution in [-0.4, -0.2) is 44.2 Å². The molecule has 2 amide bonds. The molecule has 7 nitrogen and oxygen atoms in total. The van der Waals surface area contributed by atoms with Crippen molar-refractivity contribution in [3.05, 3.63) is 54.1 Å². The van der Waals surface area contributed by atoms with Crippen molar-refractivity contribution < 1.29 is 18.0 Å². The summed E-state index contributed by atoms with van der Waals surface area (Å²) in [4.78, 5) is 26.3. The SMILES string of the molecule is CCN(CC)S(=O)(=O)c1cccc(C(=O)Nc2ccc(N3CCCC3=O)cc2)c1. The van der Waals surface area contributed by atoms with E-state index >= 15 is 0 Å². The second-order valence-electron chi connectivity index (χ2n) is 6.77. The van der Waals surface area contributed by atoms with Gasteiger partial charge < -0.3 is 10.2 Å². The minimum absolute atomic E-state index is 0.0942. The van der Waals surface area contributed by atoms with Crippen molar-refractivity contribution in [2.24, 2.45) is 0 Å². The molecule has 1 fully saturated rings. The fourth-order valence-electron chi connectivity index (χ4n) is 3.36. The summed E-state index contributed by atoms with van der Waals surface area (Å²) in [5.74, 6) is -0.292. The molecule has 1 saturated heterocycles. The number of sulfonamides is 1. The van der Waals surface area contributed by atoms with E-state index in [0.29, 0.717) is 31.7 Å². The number of carbonyl (C=O) groups excluding carboxylic acids is 2. The summed E-state index contributed by atoms with van der Waals surface area (Å²) in [6.45, 7) is 4.98. The summed E-state index contributed by atoms with van der Waals surface area (Å²) < 4.78 is 26.7. The van der Waals surface area contributed by atoms with Gasteiger partial charge in [-0.3, -0.25) is 9.59 Å². The van der Waals surface area contributed by atoms with Crippen LogP contribution in [0, 0.1) is 0 Å². The lowest BCUT2D eigenvalue weighted by molar-refractivity contribution is -0.117. The van der Waals surface area contributed by atoms with Crippen molar-refractivity contribution in [3.8, 4) is 0 Å². The van der Waals surface area contributed by atoms with E-state index < -0.39 is 15.9 Å². The largest absolute Gasteiger partial charge is 0.322 e. The number of nitrogens with zero attached hydrogens (tertiary/aromatic N) is 2. The monoisotopic (exact) mass is 415 g/mol. The van der Waals surface area contributed by atoms with Gasteiger partial charge in [-0.15, -0.1) is 0 Å². The molecule has 8 heteroatoms. The highest BCUT2D eigenvalue weighted by molar-refractivity contribution is 7.89. The van der Waals surface area contributed by atoms with Crippen molar-refractivity contribution in [2.45, 2.75) is 31.6 Å². The van der Waals surface area contributed by atoms with Gasteiger partial charge in [0.2, 0.25) is 15.9 Å². The Labute approximate surface area is 171 Å². The van der Waals surface area contributed by atoms with Crippen LogP contribution in [0.25, 0.3) is 0 Å². The molecule has 3 rings (SSSR count). The van der Waals surface area contributed by atoms with Crippen LogP contribution in [0.1, 0.15) is 37.0 Å². The molecule has 2 aromatic carbocycles. The number of nitrogens with one attached hydrogen (secondary N) is 1. The zero-order chi connectivity index (χ0) is 21.0. The Morgan fingerprint density at radius 1 is 1.10 bits per heavy atom. The van der Waals surface area contributed by atoms with E-state index in [1.165, 1.54) is 16.4 Å². The van der Waals surface area contributed by atoms with Crippen molar-refractivity contribution in [1.29, 1.82) is 0 Å². The summed E-state index contributed by atoms with van der Waals surface area (Å²) in [5, 5.41) is 2.77. The maximum atomic E-state index is 12.7. The van der Waals surface area contributed by atoms with Crippen LogP contribution in [0.15, 0.2) is 53.4 Å². The van der Waals surface area contributed by atoms with Crippen LogP contribution < -0.4 is 10.2 Å². The van der Waals surface area contributed by atoms with Gasteiger partial charge in [-0.2, -0.15) is 4.31 Å². The number of carbonyl (C=O) groups is 2. The molecule has 0 atom stereocenters. The van der Waals surface area contributed by atoms with E-state index in [0.717, 1.165) is 12.1 Å². The topological polar surface area (TPSA) is 86.8 Å². The van der Waals surface area contributed by atoms with Crippen molar-refractivity contribution in [2.75, 3.05) is 29.9 Å². The normalized spacial score (nSPS) is 14.4. The Bertz CT molecular complexity index is 999. The minimum atomic E-state index is -3.63. The molecule has 0 bridgehead atoms. The lowest BCUT2D eigenvalue weighted by Gasteiger charge is -2.18. The molecule has 1 heterocycles. The molecular weight excluding hydrogens is 390 g/mol. The maximum absolute atomic E-state index is 12.7. The Kier molecular flexibility index (Phi) is 6.34. The van der Waals surface area contributed by atoms with Gasteiger partial charge in [0.25, 0.3) is 5.91 Å². The van der Waals surface area contributed by atoms with E-state index in [4.69, 9.17) is 0 Å². The van der Waals surface area contributed by atoms with Gasteiger partial charge in [0.15, 0.2) is 0 Å². The van der Waals surface area contributed by atoms with Gasteiger partial charge >= 0.3 is 0 Å². The van der Waals surface area contributed by atoms with E-state index in [-0.39, 0.29) is 16.4 Å². The Morgan fingerprint density at radius 2 is 1.79 bits per heavy atom. The first-order valence-corrected chi connectivity index (χ1v) is 11.1. The van der Waals surface area contributed by atoms with Crippen molar-refractivity contribution in [3.63, 3.8) is 0 Å². The van der Waals surface area contributed by atoms with Crippen LogP contribution in [0.4, 0.5) is 11.4 Å². The number of hydrogen-bond acceptors (Lipinski definition) is 4. The Morgan fingerprint density at radius 3 is 2.38 bits per heavy atom. The van der Waals surface area contributed by atoms with Gasteiger partial charge in [-0.05, 0) is 48.9 Å². The fourth-order valence-corrected chi connectivity index (χ4v) is 4.86. The van der Waals surface area contributed by atoms with Crippen molar-refractivity contribution >= 4 is 33.2 Å². The van der Waals surface area contributed by atoms with E-state index in [2.05, 4.69) is 5.32 Å². The van der Waals surface area contributed by atoms with Crippen LogP contribution in [0.2, 0.25) is 0 Å². The standard InChI is InChI=1S/C21H25N3O4S/c1-3-23(4-2)29(27,28)19-8-5-7-16(15-19)21(26)22-17-10-12-18(13-11-17)24-14-6-9-20(24)25/h5,7-8,10-13,15H,3-4,6,9,14H2,1-2H3,(H,22,26). The minimum Gasteiger partial charge on any atom is -0.322 e. The fraction of sp³-hybridized carbons (Fsp3) is 0.333. The number of amides is 2. The number of benzene rings is 2. The molecule has 0 spiro atoms. The molecule has 0 radical (unpaired) electrons. The lowest BCUT2D eigenvalue weighted by atomic mass is 10.2. The molecule has 154 valence electrons. The third-order valence-electron chi connectivity index (χ3n) is 4.95. The molecule has 0 aromatic heterocycles. The average molecular weight is 416 g/mol. The maximum Gasteiger partial charge on any atom is 0.255 e. The van der Waals surface area contributed by atoms with Gasteiger partial charge in [0.1, 0.15) is 0 Å². The summed E-state index contributed by atoms with van der Waals surface area (Å²) >= 11 is 0. The summed E-state index contributed by atoms with van der Waals surface area (Å²) in [7, 11) is -3.63. The third-order valence-corrected chi connectivity index (χ3v) is 7.00. The quantitative estimate of drug-likeness (QED) is 0.753. The van der Waals surface area contributed by atoms with Gasteiger partial charge in [0.05, 0.1) is 4.90 Å². The molecule has 0 aliphatic carbocycles. The molecule has 2 aromatic rings. The second-order valence-corrected chi connectivity index (χ2v) is 8.71. The Balaban J connectivity index is 1.75. The molecular formula is C21H25N3O4S. The molecule has 0 saturated carbocycles. The highest BCUT2D eigenvalue weighted by atomic mass is 32.2. The van der Waals surface area contributed by atoms with E-state index in [1.807, 2.05) is 0 Å². The highest BCUT2D eigenvalue weighted by Crippen LogP contribution is 2.23. The first-order valence-electron chi connectivity index (χ1n) is 9.68. The summed E-state index contributed by atoms with van der Waals surface area (Å²) in [5.41, 5.74) is 1.64. The predicted octanol–water partition coefficient (Wildman–Crippen LogP) is 3.10. The highest BCUT2D eigenvalue weighted by Gasteiger charge is 2.23. The van der Waals surface area contributed by atoms with Crippen LogP contribution in [0.5, 0.6) is 0 Å². The number of rotatable bonds is 7. The predicted molar refractivity (Wildman–Crippen MR) is 113 cm³/mol. The van der Waals surface area contributed by atoms with Crippen molar-refractivity contribution in [1.82, 2.24) is 4.31 Å². The van der Waals surface area contributed by atoms with Gasteiger partial charge in [-0.25, -0.2) is 8.42 Å². The van der Waals surface area contributed by atoms with E-state index in [9.17, 15) is 18.0 Å². The van der Waals surface area contributed by atoms with Gasteiger partial charge in [-0.1, -0.05) is 19.9 Å². The zero-order valence-electron chi connectivity index (χ0n) is 16.6. The smallest absolute Gasteiger partial charge is 0.255 e. The first-order chi connectivity index (χ1) is 13.9. The lowest BCUT2D eigenvalue weighted by Crippen LogP contribution is -2.30. The number of anilines is 2. The summed E-state index contributed by atoms with van der Waals surface area (Å²) in [6, 6.07) is 13.1. The van der Waals surface area contributed by atoms with Crippen LogP contribution >= 0.6 is 0 Å². The zero-order valence-corrected chi connectivity index (χ0v) is 17.4. The molecule has 1 N–H and O–H groups in total. The molecule has 1 aliphatic rings. The molecule has 1 aliphatic heterocycles.